The summed E-state index contributed by atoms with van der Waals surface area (Å²) in [5.41, 5.74) is 5.36. The van der Waals surface area contributed by atoms with Crippen molar-refractivity contribution in [2.24, 2.45) is 0 Å². The zero-order valence-electron chi connectivity index (χ0n) is 14.3. The van der Waals surface area contributed by atoms with E-state index in [0.717, 1.165) is 0 Å². The molecule has 3 rings (SSSR count). The van der Waals surface area contributed by atoms with E-state index in [9.17, 15) is 14.7 Å². The lowest BCUT2D eigenvalue weighted by atomic mass is 10.1. The molecule has 138 valence electrons. The third-order valence-corrected chi connectivity index (χ3v) is 4.14. The number of hydrazine groups is 1. The van der Waals surface area contributed by atoms with E-state index in [2.05, 4.69) is 10.9 Å². The predicted octanol–water partition coefficient (Wildman–Crippen LogP) is 2.92. The molecule has 2 amide bonds. The molecule has 0 atom stereocenters. The van der Waals surface area contributed by atoms with Crippen molar-refractivity contribution in [3.8, 4) is 17.2 Å². The molecule has 1 heterocycles. The number of nitrogens with zero attached hydrogens (tertiary/aromatic N) is 1. The molecule has 0 spiro atoms. The Morgan fingerprint density at radius 3 is 2.26 bits per heavy atom. The topological polar surface area (TPSA) is 92.6 Å². The van der Waals surface area contributed by atoms with Crippen molar-refractivity contribution < 1.29 is 19.4 Å². The molecule has 0 saturated heterocycles. The fourth-order valence-corrected chi connectivity index (χ4v) is 2.76. The minimum absolute atomic E-state index is 0.0331. The third-order valence-electron chi connectivity index (χ3n) is 3.83. The van der Waals surface area contributed by atoms with E-state index >= 15 is 0 Å². The molecule has 8 heteroatoms. The minimum Gasteiger partial charge on any atom is -0.507 e. The number of methoxy groups -OCH3 is 1. The molecule has 0 saturated carbocycles. The number of nitrogens with one attached hydrogen (secondary N) is 2. The number of amides is 2. The summed E-state index contributed by atoms with van der Waals surface area (Å²) in [6.07, 6.45) is 3.62. The lowest BCUT2D eigenvalue weighted by Crippen LogP contribution is -2.41. The first-order chi connectivity index (χ1) is 13.0. The van der Waals surface area contributed by atoms with Crippen LogP contribution >= 0.6 is 11.6 Å². The van der Waals surface area contributed by atoms with Gasteiger partial charge in [0.15, 0.2) is 0 Å². The monoisotopic (exact) mass is 385 g/mol. The number of hydrogen-bond acceptors (Lipinski definition) is 4. The maximum Gasteiger partial charge on any atom is 0.273 e. The number of para-hydroxylation sites is 1. The average molecular weight is 386 g/mol. The second-order valence-electron chi connectivity index (χ2n) is 5.52. The van der Waals surface area contributed by atoms with Crippen LogP contribution in [-0.2, 0) is 0 Å². The third kappa shape index (κ3) is 3.88. The molecular weight excluding hydrogens is 370 g/mol. The first-order valence-corrected chi connectivity index (χ1v) is 8.28. The van der Waals surface area contributed by atoms with E-state index in [4.69, 9.17) is 16.3 Å². The second-order valence-corrected chi connectivity index (χ2v) is 5.93. The summed E-state index contributed by atoms with van der Waals surface area (Å²) in [5.74, 6) is -1.18. The highest BCUT2D eigenvalue weighted by atomic mass is 35.5. The number of aromatic hydroxyl groups is 1. The number of ether oxygens (including phenoxy) is 1. The molecule has 27 heavy (non-hydrogen) atoms. The Morgan fingerprint density at radius 1 is 1.00 bits per heavy atom. The van der Waals surface area contributed by atoms with Crippen LogP contribution in [0.3, 0.4) is 0 Å². The molecule has 7 nitrogen and oxygen atoms in total. The molecule has 0 fully saturated rings. The highest BCUT2D eigenvalue weighted by Gasteiger charge is 2.18. The fourth-order valence-electron chi connectivity index (χ4n) is 2.50. The van der Waals surface area contributed by atoms with E-state index in [1.807, 2.05) is 24.5 Å². The molecule has 0 aliphatic rings. The van der Waals surface area contributed by atoms with E-state index in [1.165, 1.54) is 25.3 Å². The smallest absolute Gasteiger partial charge is 0.273 e. The van der Waals surface area contributed by atoms with Crippen LogP contribution in [0.15, 0.2) is 60.9 Å². The van der Waals surface area contributed by atoms with Crippen LogP contribution in [0.1, 0.15) is 20.7 Å². The Balaban J connectivity index is 1.79. The van der Waals surface area contributed by atoms with Crippen molar-refractivity contribution in [2.75, 3.05) is 7.11 Å². The van der Waals surface area contributed by atoms with Gasteiger partial charge >= 0.3 is 0 Å². The minimum atomic E-state index is -0.657. The van der Waals surface area contributed by atoms with Crippen LogP contribution in [0.2, 0.25) is 5.02 Å². The number of phenolic OH excluding ortho intramolecular Hbond substituents is 1. The Morgan fingerprint density at radius 2 is 1.63 bits per heavy atom. The van der Waals surface area contributed by atoms with E-state index in [-0.39, 0.29) is 22.6 Å². The van der Waals surface area contributed by atoms with Gasteiger partial charge < -0.3 is 14.4 Å². The molecule has 3 aromatic rings. The van der Waals surface area contributed by atoms with Gasteiger partial charge in [-0.25, -0.2) is 0 Å². The normalized spacial score (nSPS) is 10.3. The Bertz CT molecular complexity index is 987. The fraction of sp³-hybridized carbons (Fsp3) is 0.0526. The zero-order chi connectivity index (χ0) is 19.4. The van der Waals surface area contributed by atoms with Crippen molar-refractivity contribution >= 4 is 23.4 Å². The van der Waals surface area contributed by atoms with E-state index < -0.39 is 11.8 Å². The van der Waals surface area contributed by atoms with Gasteiger partial charge in [0, 0.05) is 18.5 Å². The molecule has 0 aliphatic heterocycles. The van der Waals surface area contributed by atoms with Crippen molar-refractivity contribution in [3.05, 3.63) is 77.1 Å². The van der Waals surface area contributed by atoms with Gasteiger partial charge in [0.25, 0.3) is 11.8 Å². The molecule has 1 aromatic heterocycles. The largest absolute Gasteiger partial charge is 0.507 e. The van der Waals surface area contributed by atoms with Crippen LogP contribution in [0.4, 0.5) is 0 Å². The van der Waals surface area contributed by atoms with Crippen LogP contribution in [0.5, 0.6) is 11.5 Å². The van der Waals surface area contributed by atoms with Crippen molar-refractivity contribution in [2.45, 2.75) is 0 Å². The lowest BCUT2D eigenvalue weighted by Gasteiger charge is -2.14. The van der Waals surface area contributed by atoms with Gasteiger partial charge in [0.2, 0.25) is 0 Å². The first-order valence-electron chi connectivity index (χ1n) is 7.91. The van der Waals surface area contributed by atoms with Gasteiger partial charge in [0.1, 0.15) is 11.5 Å². The summed E-state index contributed by atoms with van der Waals surface area (Å²) >= 11 is 6.30. The van der Waals surface area contributed by atoms with Crippen molar-refractivity contribution in [1.82, 2.24) is 15.4 Å². The standard InChI is InChI=1S/C19H16ClN3O4/c1-27-17-11-15(23-8-4-5-9-23)14(20)10-13(17)19(26)22-21-18(25)12-6-2-3-7-16(12)24/h2-11,24H,1H3,(H,21,25)(H,22,26). The second kappa shape index (κ2) is 7.84. The Hall–Kier alpha value is -3.45. The van der Waals surface area contributed by atoms with Gasteiger partial charge in [-0.15, -0.1) is 0 Å². The SMILES string of the molecule is COc1cc(-n2cccc2)c(Cl)cc1C(=O)NNC(=O)c1ccccc1O. The van der Waals surface area contributed by atoms with E-state index in [1.54, 1.807) is 22.8 Å². The van der Waals surface area contributed by atoms with Crippen LogP contribution in [0, 0.1) is 0 Å². The quantitative estimate of drug-likeness (QED) is 0.602. The Kier molecular flexibility index (Phi) is 5.33. The summed E-state index contributed by atoms with van der Waals surface area (Å²) in [5, 5.41) is 10.0. The summed E-state index contributed by atoms with van der Waals surface area (Å²) in [6.45, 7) is 0. The van der Waals surface area contributed by atoms with Crippen LogP contribution in [-0.4, -0.2) is 28.6 Å². The summed E-state index contributed by atoms with van der Waals surface area (Å²) in [7, 11) is 1.43. The maximum atomic E-state index is 12.5. The highest BCUT2D eigenvalue weighted by molar-refractivity contribution is 6.33. The molecule has 0 unspecified atom stereocenters. The first kappa shape index (κ1) is 18.3. The number of rotatable bonds is 4. The number of aromatic nitrogens is 1. The summed E-state index contributed by atoms with van der Waals surface area (Å²) < 4.78 is 7.07. The molecule has 0 aliphatic carbocycles. The van der Waals surface area contributed by atoms with Crippen LogP contribution < -0.4 is 15.6 Å². The molecule has 0 radical (unpaired) electrons. The summed E-state index contributed by atoms with van der Waals surface area (Å²) in [4.78, 5) is 24.5. The number of benzene rings is 2. The molecule has 3 N–H and O–H groups in total. The number of carbonyl (C=O) groups is 2. The van der Waals surface area contributed by atoms with Gasteiger partial charge in [-0.2, -0.15) is 0 Å². The summed E-state index contributed by atoms with van der Waals surface area (Å²) in [6, 6.07) is 12.8. The van der Waals surface area contributed by atoms with Crippen LogP contribution in [0.25, 0.3) is 5.69 Å². The van der Waals surface area contributed by atoms with E-state index in [0.29, 0.717) is 10.7 Å². The van der Waals surface area contributed by atoms with Crippen molar-refractivity contribution in [1.29, 1.82) is 0 Å². The Labute approximate surface area is 160 Å². The average Bonchev–Trinajstić information content (AvgIpc) is 3.20. The number of hydrogen-bond donors (Lipinski definition) is 3. The molecular formula is C19H16ClN3O4. The molecule has 0 bridgehead atoms. The zero-order valence-corrected chi connectivity index (χ0v) is 15.0. The lowest BCUT2D eigenvalue weighted by molar-refractivity contribution is 0.0843. The van der Waals surface area contributed by atoms with Crippen molar-refractivity contribution in [3.63, 3.8) is 0 Å². The predicted molar refractivity (Wildman–Crippen MR) is 100 cm³/mol. The van der Waals surface area contributed by atoms with Gasteiger partial charge in [-0.3, -0.25) is 20.4 Å². The van der Waals surface area contributed by atoms with Gasteiger partial charge in [-0.1, -0.05) is 23.7 Å². The number of carbonyl (C=O) groups excluding carboxylic acids is 2. The number of halogens is 1. The maximum absolute atomic E-state index is 12.5. The highest BCUT2D eigenvalue weighted by Crippen LogP contribution is 2.29. The number of phenols is 1. The van der Waals surface area contributed by atoms with Gasteiger partial charge in [0.05, 0.1) is 28.9 Å². The van der Waals surface area contributed by atoms with Gasteiger partial charge in [-0.05, 0) is 30.3 Å². The molecule has 2 aromatic carbocycles.